The molecule has 3 aromatic rings. The van der Waals surface area contributed by atoms with Gasteiger partial charge in [0, 0.05) is 25.1 Å². The summed E-state index contributed by atoms with van der Waals surface area (Å²) in [6.07, 6.45) is 1.28. The van der Waals surface area contributed by atoms with E-state index in [0.29, 0.717) is 18.5 Å². The number of halogens is 1. The van der Waals surface area contributed by atoms with Gasteiger partial charge in [-0.05, 0) is 30.5 Å². The zero-order valence-electron chi connectivity index (χ0n) is 19.3. The molecule has 3 aromatic carbocycles. The van der Waals surface area contributed by atoms with Gasteiger partial charge < -0.3 is 10.2 Å². The molecule has 0 aliphatic rings. The second kappa shape index (κ2) is 12.0. The molecule has 0 bridgehead atoms. The van der Waals surface area contributed by atoms with Gasteiger partial charge in [-0.25, -0.2) is 4.39 Å². The van der Waals surface area contributed by atoms with Crippen molar-refractivity contribution < 1.29 is 14.0 Å². The van der Waals surface area contributed by atoms with Crippen molar-refractivity contribution in [3.8, 4) is 0 Å². The zero-order valence-corrected chi connectivity index (χ0v) is 19.3. The van der Waals surface area contributed by atoms with Crippen LogP contribution in [0.1, 0.15) is 35.6 Å². The zero-order chi connectivity index (χ0) is 23.6. The van der Waals surface area contributed by atoms with Crippen molar-refractivity contribution in [3.05, 3.63) is 107 Å². The maximum Gasteiger partial charge on any atom is 0.243 e. The van der Waals surface area contributed by atoms with Gasteiger partial charge in [0.25, 0.3) is 0 Å². The van der Waals surface area contributed by atoms with E-state index in [1.807, 2.05) is 68.4 Å². The summed E-state index contributed by atoms with van der Waals surface area (Å²) in [4.78, 5) is 28.3. The molecule has 0 aliphatic carbocycles. The van der Waals surface area contributed by atoms with Crippen LogP contribution in [-0.2, 0) is 29.0 Å². The first-order valence-corrected chi connectivity index (χ1v) is 11.4. The Morgan fingerprint density at radius 2 is 1.58 bits per heavy atom. The van der Waals surface area contributed by atoms with Gasteiger partial charge in [0.15, 0.2) is 0 Å². The number of rotatable bonds is 10. The van der Waals surface area contributed by atoms with Gasteiger partial charge in [-0.1, -0.05) is 85.3 Å². The first kappa shape index (κ1) is 24.2. The van der Waals surface area contributed by atoms with Crippen LogP contribution >= 0.6 is 0 Å². The van der Waals surface area contributed by atoms with Crippen LogP contribution in [0.4, 0.5) is 4.39 Å². The van der Waals surface area contributed by atoms with Crippen LogP contribution in [0.25, 0.3) is 0 Å². The molecular weight excluding hydrogens is 415 g/mol. The van der Waals surface area contributed by atoms with Crippen molar-refractivity contribution in [2.75, 3.05) is 6.54 Å². The standard InChI is InChI=1S/C28H31FN2O2/c1-3-17-30-28(33)26(18-22-9-5-4-6-10-22)31(20-24-11-7-8-12-25(24)29)27(32)19-23-15-13-21(2)14-16-23/h4-16,26H,3,17-20H2,1-2H3,(H,30,33). The minimum Gasteiger partial charge on any atom is -0.354 e. The number of aryl methyl sites for hydroxylation is 1. The largest absolute Gasteiger partial charge is 0.354 e. The Bertz CT molecular complexity index is 1050. The van der Waals surface area contributed by atoms with E-state index in [9.17, 15) is 14.0 Å². The maximum absolute atomic E-state index is 14.5. The van der Waals surface area contributed by atoms with Crippen LogP contribution in [0.2, 0.25) is 0 Å². The summed E-state index contributed by atoms with van der Waals surface area (Å²) < 4.78 is 14.5. The van der Waals surface area contributed by atoms with Crippen LogP contribution in [-0.4, -0.2) is 29.3 Å². The average Bonchev–Trinajstić information content (AvgIpc) is 2.83. The molecule has 0 radical (unpaired) electrons. The summed E-state index contributed by atoms with van der Waals surface area (Å²) in [5.74, 6) is -0.831. The van der Waals surface area contributed by atoms with E-state index < -0.39 is 11.9 Å². The number of nitrogens with zero attached hydrogens (tertiary/aromatic N) is 1. The van der Waals surface area contributed by atoms with Crippen molar-refractivity contribution in [2.45, 2.75) is 45.7 Å². The second-order valence-electron chi connectivity index (χ2n) is 8.27. The number of hydrogen-bond donors (Lipinski definition) is 1. The van der Waals surface area contributed by atoms with E-state index >= 15 is 0 Å². The van der Waals surface area contributed by atoms with Crippen LogP contribution in [0.15, 0.2) is 78.9 Å². The highest BCUT2D eigenvalue weighted by atomic mass is 19.1. The molecule has 5 heteroatoms. The smallest absolute Gasteiger partial charge is 0.243 e. The van der Waals surface area contributed by atoms with Gasteiger partial charge in [-0.3, -0.25) is 9.59 Å². The quantitative estimate of drug-likeness (QED) is 0.484. The van der Waals surface area contributed by atoms with Gasteiger partial charge in [0.1, 0.15) is 11.9 Å². The molecule has 0 fully saturated rings. The highest BCUT2D eigenvalue weighted by Gasteiger charge is 2.30. The molecule has 172 valence electrons. The molecule has 4 nitrogen and oxygen atoms in total. The molecule has 0 spiro atoms. The maximum atomic E-state index is 14.5. The normalized spacial score (nSPS) is 11.6. The van der Waals surface area contributed by atoms with Crippen molar-refractivity contribution in [3.63, 3.8) is 0 Å². The fourth-order valence-corrected chi connectivity index (χ4v) is 3.71. The molecule has 1 unspecified atom stereocenters. The first-order valence-electron chi connectivity index (χ1n) is 11.4. The minimum atomic E-state index is -0.753. The molecule has 3 rings (SSSR count). The molecule has 0 aliphatic heterocycles. The topological polar surface area (TPSA) is 49.4 Å². The van der Waals surface area contributed by atoms with Gasteiger partial charge >= 0.3 is 0 Å². The number of amides is 2. The van der Waals surface area contributed by atoms with Crippen molar-refractivity contribution >= 4 is 11.8 Å². The first-order chi connectivity index (χ1) is 16.0. The molecule has 0 aromatic heterocycles. The molecule has 1 atom stereocenters. The van der Waals surface area contributed by atoms with Crippen molar-refractivity contribution in [1.29, 1.82) is 0 Å². The summed E-state index contributed by atoms with van der Waals surface area (Å²) >= 11 is 0. The van der Waals surface area contributed by atoms with Crippen LogP contribution in [0.5, 0.6) is 0 Å². The Hall–Kier alpha value is -3.47. The predicted molar refractivity (Wildman–Crippen MR) is 129 cm³/mol. The van der Waals surface area contributed by atoms with Gasteiger partial charge in [-0.2, -0.15) is 0 Å². The third-order valence-corrected chi connectivity index (χ3v) is 5.59. The van der Waals surface area contributed by atoms with Crippen LogP contribution < -0.4 is 5.32 Å². The van der Waals surface area contributed by atoms with E-state index in [2.05, 4.69) is 5.32 Å². The van der Waals surface area contributed by atoms with Gasteiger partial charge in [-0.15, -0.1) is 0 Å². The van der Waals surface area contributed by atoms with E-state index in [0.717, 1.165) is 23.1 Å². The van der Waals surface area contributed by atoms with Crippen molar-refractivity contribution in [1.82, 2.24) is 10.2 Å². The fraction of sp³-hybridized carbons (Fsp3) is 0.286. The molecule has 0 saturated carbocycles. The Morgan fingerprint density at radius 1 is 0.909 bits per heavy atom. The summed E-state index contributed by atoms with van der Waals surface area (Å²) in [6.45, 7) is 4.51. The van der Waals surface area contributed by atoms with E-state index in [4.69, 9.17) is 0 Å². The highest BCUT2D eigenvalue weighted by molar-refractivity contribution is 5.88. The minimum absolute atomic E-state index is 0.0222. The number of nitrogens with one attached hydrogen (secondary N) is 1. The average molecular weight is 447 g/mol. The van der Waals surface area contributed by atoms with E-state index in [1.54, 1.807) is 18.2 Å². The lowest BCUT2D eigenvalue weighted by Gasteiger charge is -2.32. The molecule has 0 heterocycles. The van der Waals surface area contributed by atoms with Crippen molar-refractivity contribution in [2.24, 2.45) is 0 Å². The number of hydrogen-bond acceptors (Lipinski definition) is 2. The SMILES string of the molecule is CCCNC(=O)C(Cc1ccccc1)N(Cc1ccccc1F)C(=O)Cc1ccc(C)cc1. The van der Waals surface area contributed by atoms with Gasteiger partial charge in [0.05, 0.1) is 6.42 Å². The van der Waals surface area contributed by atoms with E-state index in [-0.39, 0.29) is 24.8 Å². The molecule has 33 heavy (non-hydrogen) atoms. The number of benzene rings is 3. The Balaban J connectivity index is 1.95. The lowest BCUT2D eigenvalue weighted by atomic mass is 10.0. The van der Waals surface area contributed by atoms with Crippen LogP contribution in [0, 0.1) is 12.7 Å². The Morgan fingerprint density at radius 3 is 2.24 bits per heavy atom. The molecule has 2 amide bonds. The van der Waals surface area contributed by atoms with Crippen LogP contribution in [0.3, 0.4) is 0 Å². The third-order valence-electron chi connectivity index (χ3n) is 5.59. The van der Waals surface area contributed by atoms with E-state index in [1.165, 1.54) is 11.0 Å². The monoisotopic (exact) mass is 446 g/mol. The summed E-state index contributed by atoms with van der Waals surface area (Å²) in [5, 5.41) is 2.93. The predicted octanol–water partition coefficient (Wildman–Crippen LogP) is 4.84. The Labute approximate surface area is 195 Å². The highest BCUT2D eigenvalue weighted by Crippen LogP contribution is 2.18. The lowest BCUT2D eigenvalue weighted by Crippen LogP contribution is -2.51. The Kier molecular flexibility index (Phi) is 8.76. The number of carbonyl (C=O) groups excluding carboxylic acids is 2. The third kappa shape index (κ3) is 7.01. The second-order valence-corrected chi connectivity index (χ2v) is 8.27. The molecule has 0 saturated heterocycles. The fourth-order valence-electron chi connectivity index (χ4n) is 3.71. The summed E-state index contributed by atoms with van der Waals surface area (Å²) in [7, 11) is 0. The summed E-state index contributed by atoms with van der Waals surface area (Å²) in [5.41, 5.74) is 3.29. The number of carbonyl (C=O) groups is 2. The molecular formula is C28H31FN2O2. The lowest BCUT2D eigenvalue weighted by molar-refractivity contribution is -0.140. The molecule has 1 N–H and O–H groups in total. The van der Waals surface area contributed by atoms with Gasteiger partial charge in [0.2, 0.25) is 11.8 Å². The summed E-state index contributed by atoms with van der Waals surface area (Å²) in [6, 6.07) is 23.0.